The number of nitrogens with zero attached hydrogens (tertiary/aromatic N) is 1. The number of hydrogen-bond acceptors (Lipinski definition) is 4. The van der Waals surface area contributed by atoms with Gasteiger partial charge in [0.1, 0.15) is 10.6 Å². The van der Waals surface area contributed by atoms with E-state index in [2.05, 4.69) is 0 Å². The maximum atomic E-state index is 13.0. The minimum Gasteiger partial charge on any atom is -0.495 e. The highest BCUT2D eigenvalue weighted by atomic mass is 32.2. The van der Waals surface area contributed by atoms with Crippen LogP contribution in [0.4, 0.5) is 0 Å². The monoisotopic (exact) mass is 355 g/mol. The van der Waals surface area contributed by atoms with Crippen LogP contribution in [0.3, 0.4) is 0 Å². The SMILES string of the molecule is COc1ccc(C(C)(C)C)cc1S(=O)(=O)N1CCC(C(=O)O)CC1. The maximum absolute atomic E-state index is 13.0. The molecule has 0 spiro atoms. The Morgan fingerprint density at radius 1 is 1.25 bits per heavy atom. The quantitative estimate of drug-likeness (QED) is 0.897. The number of aliphatic carboxylic acids is 1. The lowest BCUT2D eigenvalue weighted by Crippen LogP contribution is -2.40. The molecular weight excluding hydrogens is 330 g/mol. The van der Waals surface area contributed by atoms with Gasteiger partial charge in [0.05, 0.1) is 13.0 Å². The van der Waals surface area contributed by atoms with Crippen molar-refractivity contribution in [3.05, 3.63) is 23.8 Å². The first-order valence-corrected chi connectivity index (χ1v) is 9.43. The molecular formula is C17H25NO5S. The zero-order valence-corrected chi connectivity index (χ0v) is 15.4. The van der Waals surface area contributed by atoms with Crippen LogP contribution in [0.2, 0.25) is 0 Å². The molecule has 0 aliphatic carbocycles. The van der Waals surface area contributed by atoms with Crippen LogP contribution in [0, 0.1) is 5.92 Å². The summed E-state index contributed by atoms with van der Waals surface area (Å²) in [6.45, 7) is 6.47. The number of methoxy groups -OCH3 is 1. The van der Waals surface area contributed by atoms with Crippen LogP contribution < -0.4 is 4.74 Å². The number of carboxylic acid groups (broad SMARTS) is 1. The lowest BCUT2D eigenvalue weighted by molar-refractivity contribution is -0.142. The third-order valence-electron chi connectivity index (χ3n) is 4.45. The van der Waals surface area contributed by atoms with E-state index in [9.17, 15) is 13.2 Å². The zero-order chi connectivity index (χ0) is 18.1. The van der Waals surface area contributed by atoms with Crippen LogP contribution in [0.5, 0.6) is 5.75 Å². The Labute approximate surface area is 143 Å². The van der Waals surface area contributed by atoms with Crippen LogP contribution in [0.1, 0.15) is 39.2 Å². The van der Waals surface area contributed by atoms with Crippen molar-refractivity contribution in [2.24, 2.45) is 5.92 Å². The number of carbonyl (C=O) groups is 1. The standard InChI is InChI=1S/C17H25NO5S/c1-17(2,3)13-5-6-14(23-4)15(11-13)24(21,22)18-9-7-12(8-10-18)16(19)20/h5-6,11-12H,7-10H2,1-4H3,(H,19,20). The van der Waals surface area contributed by atoms with Crippen LogP contribution in [0.25, 0.3) is 0 Å². The van der Waals surface area contributed by atoms with Gasteiger partial charge in [-0.05, 0) is 36.0 Å². The summed E-state index contributed by atoms with van der Waals surface area (Å²) in [6, 6.07) is 5.21. The molecule has 0 bridgehead atoms. The predicted molar refractivity (Wildman–Crippen MR) is 90.8 cm³/mol. The van der Waals surface area contributed by atoms with Gasteiger partial charge in [-0.2, -0.15) is 4.31 Å². The third-order valence-corrected chi connectivity index (χ3v) is 6.37. The summed E-state index contributed by atoms with van der Waals surface area (Å²) in [6.07, 6.45) is 0.658. The summed E-state index contributed by atoms with van der Waals surface area (Å²) in [5.74, 6) is -1.03. The van der Waals surface area contributed by atoms with E-state index in [4.69, 9.17) is 9.84 Å². The Hall–Kier alpha value is -1.60. The smallest absolute Gasteiger partial charge is 0.306 e. The highest BCUT2D eigenvalue weighted by molar-refractivity contribution is 7.89. The van der Waals surface area contributed by atoms with Gasteiger partial charge in [-0.3, -0.25) is 4.79 Å². The molecule has 134 valence electrons. The largest absolute Gasteiger partial charge is 0.495 e. The van der Waals surface area contributed by atoms with E-state index < -0.39 is 21.9 Å². The second-order valence-corrected chi connectivity index (χ2v) is 9.04. The van der Waals surface area contributed by atoms with Crippen molar-refractivity contribution in [1.29, 1.82) is 0 Å². The van der Waals surface area contributed by atoms with Gasteiger partial charge in [-0.1, -0.05) is 26.8 Å². The molecule has 1 aliphatic rings. The molecule has 0 radical (unpaired) electrons. The average Bonchev–Trinajstić information content (AvgIpc) is 2.53. The van der Waals surface area contributed by atoms with Gasteiger partial charge < -0.3 is 9.84 Å². The third kappa shape index (κ3) is 3.72. The molecule has 1 aliphatic heterocycles. The highest BCUT2D eigenvalue weighted by Gasteiger charge is 2.34. The van der Waals surface area contributed by atoms with Crippen molar-refractivity contribution < 1.29 is 23.1 Å². The van der Waals surface area contributed by atoms with Crippen molar-refractivity contribution in [2.45, 2.75) is 43.9 Å². The Morgan fingerprint density at radius 2 is 1.83 bits per heavy atom. The van der Waals surface area contributed by atoms with Gasteiger partial charge in [0.25, 0.3) is 0 Å². The summed E-state index contributed by atoms with van der Waals surface area (Å²) in [5, 5.41) is 9.06. The summed E-state index contributed by atoms with van der Waals surface area (Å²) in [4.78, 5) is 11.2. The molecule has 0 amide bonds. The number of sulfonamides is 1. The molecule has 0 aromatic heterocycles. The molecule has 0 unspecified atom stereocenters. The second kappa shape index (κ2) is 6.72. The van der Waals surface area contributed by atoms with E-state index >= 15 is 0 Å². The summed E-state index contributed by atoms with van der Waals surface area (Å²) in [5.41, 5.74) is 0.717. The molecule has 1 fully saturated rings. The Bertz CT molecular complexity index is 713. The van der Waals surface area contributed by atoms with Gasteiger partial charge in [-0.25, -0.2) is 8.42 Å². The van der Waals surface area contributed by atoms with Crippen molar-refractivity contribution in [1.82, 2.24) is 4.31 Å². The first-order chi connectivity index (χ1) is 11.1. The fraction of sp³-hybridized carbons (Fsp3) is 0.588. The molecule has 7 heteroatoms. The highest BCUT2D eigenvalue weighted by Crippen LogP contribution is 2.33. The molecule has 1 aromatic carbocycles. The van der Waals surface area contributed by atoms with Gasteiger partial charge in [-0.15, -0.1) is 0 Å². The molecule has 1 saturated heterocycles. The fourth-order valence-electron chi connectivity index (χ4n) is 2.83. The number of carboxylic acids is 1. The molecule has 6 nitrogen and oxygen atoms in total. The van der Waals surface area contributed by atoms with E-state index in [-0.39, 0.29) is 23.4 Å². The Morgan fingerprint density at radius 3 is 2.29 bits per heavy atom. The van der Waals surface area contributed by atoms with Crippen molar-refractivity contribution in [3.8, 4) is 5.75 Å². The van der Waals surface area contributed by atoms with E-state index in [0.717, 1.165) is 5.56 Å². The lowest BCUT2D eigenvalue weighted by Gasteiger charge is -2.30. The zero-order valence-electron chi connectivity index (χ0n) is 14.6. The number of piperidine rings is 1. The predicted octanol–water partition coefficient (Wildman–Crippen LogP) is 2.48. The minimum atomic E-state index is -3.72. The van der Waals surface area contributed by atoms with E-state index in [1.807, 2.05) is 26.8 Å². The number of hydrogen-bond donors (Lipinski definition) is 1. The normalized spacial score (nSPS) is 17.7. The van der Waals surface area contributed by atoms with E-state index in [1.54, 1.807) is 12.1 Å². The molecule has 1 heterocycles. The first-order valence-electron chi connectivity index (χ1n) is 7.99. The Kier molecular flexibility index (Phi) is 5.25. The fourth-order valence-corrected chi connectivity index (χ4v) is 4.48. The van der Waals surface area contributed by atoms with Crippen molar-refractivity contribution in [2.75, 3.05) is 20.2 Å². The molecule has 0 saturated carbocycles. The van der Waals surface area contributed by atoms with Gasteiger partial charge in [0, 0.05) is 13.1 Å². The van der Waals surface area contributed by atoms with Gasteiger partial charge >= 0.3 is 5.97 Å². The van der Waals surface area contributed by atoms with Crippen molar-refractivity contribution in [3.63, 3.8) is 0 Å². The number of ether oxygens (including phenoxy) is 1. The number of benzene rings is 1. The number of rotatable bonds is 4. The minimum absolute atomic E-state index is 0.145. The van der Waals surface area contributed by atoms with Crippen LogP contribution in [0.15, 0.2) is 23.1 Å². The maximum Gasteiger partial charge on any atom is 0.306 e. The van der Waals surface area contributed by atoms with Gasteiger partial charge in [0.15, 0.2) is 0 Å². The molecule has 24 heavy (non-hydrogen) atoms. The van der Waals surface area contributed by atoms with Crippen LogP contribution in [-0.2, 0) is 20.2 Å². The topological polar surface area (TPSA) is 83.9 Å². The second-order valence-electron chi connectivity index (χ2n) is 7.13. The van der Waals surface area contributed by atoms with Crippen LogP contribution in [-0.4, -0.2) is 44.0 Å². The summed E-state index contributed by atoms with van der Waals surface area (Å²) >= 11 is 0. The molecule has 1 N–H and O–H groups in total. The molecule has 1 aromatic rings. The van der Waals surface area contributed by atoms with Crippen LogP contribution >= 0.6 is 0 Å². The summed E-state index contributed by atoms with van der Waals surface area (Å²) < 4.78 is 32.6. The van der Waals surface area contributed by atoms with E-state index in [1.165, 1.54) is 11.4 Å². The van der Waals surface area contributed by atoms with Crippen molar-refractivity contribution >= 4 is 16.0 Å². The van der Waals surface area contributed by atoms with E-state index in [0.29, 0.717) is 18.6 Å². The van der Waals surface area contributed by atoms with Gasteiger partial charge in [0.2, 0.25) is 10.0 Å². The Balaban J connectivity index is 2.37. The summed E-state index contributed by atoms with van der Waals surface area (Å²) in [7, 11) is -2.28. The lowest BCUT2D eigenvalue weighted by atomic mass is 9.87. The molecule has 0 atom stereocenters. The first kappa shape index (κ1) is 18.7. The molecule has 2 rings (SSSR count). The average molecular weight is 355 g/mol.